The number of esters is 1. The molecule has 2 aromatic rings. The van der Waals surface area contributed by atoms with Gasteiger partial charge in [-0.2, -0.15) is 0 Å². The van der Waals surface area contributed by atoms with E-state index in [0.717, 1.165) is 16.6 Å². The lowest BCUT2D eigenvalue weighted by atomic mass is 10.1. The SMILES string of the molecule is COC(=O)C(Br)CNC(=O)c1cc(C)nc2ccccc12. The number of hydrogen-bond acceptors (Lipinski definition) is 4. The molecule has 0 bridgehead atoms. The summed E-state index contributed by atoms with van der Waals surface area (Å²) in [6.07, 6.45) is 0. The Bertz CT molecular complexity index is 688. The zero-order valence-electron chi connectivity index (χ0n) is 11.7. The maximum absolute atomic E-state index is 12.3. The first kappa shape index (κ1) is 15.4. The highest BCUT2D eigenvalue weighted by molar-refractivity contribution is 9.10. The van der Waals surface area contributed by atoms with Crippen LogP contribution < -0.4 is 5.32 Å². The molecule has 6 heteroatoms. The van der Waals surface area contributed by atoms with Gasteiger partial charge in [-0.05, 0) is 19.1 Å². The minimum atomic E-state index is -0.569. The molecule has 0 aliphatic carbocycles. The summed E-state index contributed by atoms with van der Waals surface area (Å²) in [7, 11) is 1.30. The molecule has 0 fully saturated rings. The number of fused-ring (bicyclic) bond motifs is 1. The second-order valence-corrected chi connectivity index (χ2v) is 5.63. The van der Waals surface area contributed by atoms with Crippen LogP contribution in [0.4, 0.5) is 0 Å². The second kappa shape index (κ2) is 6.67. The van der Waals surface area contributed by atoms with E-state index in [-0.39, 0.29) is 12.5 Å². The van der Waals surface area contributed by atoms with Crippen LogP contribution in [-0.2, 0) is 9.53 Å². The first-order valence-corrected chi connectivity index (χ1v) is 7.31. The van der Waals surface area contributed by atoms with Gasteiger partial charge in [0.15, 0.2) is 0 Å². The molecule has 0 radical (unpaired) electrons. The minimum Gasteiger partial charge on any atom is -0.468 e. The largest absolute Gasteiger partial charge is 0.468 e. The van der Waals surface area contributed by atoms with Crippen molar-refractivity contribution in [3.63, 3.8) is 0 Å². The number of aromatic nitrogens is 1. The fourth-order valence-corrected chi connectivity index (χ4v) is 2.33. The number of nitrogens with zero attached hydrogens (tertiary/aromatic N) is 1. The van der Waals surface area contributed by atoms with Crippen molar-refractivity contribution >= 4 is 38.7 Å². The van der Waals surface area contributed by atoms with E-state index in [4.69, 9.17) is 0 Å². The molecule has 1 N–H and O–H groups in total. The highest BCUT2D eigenvalue weighted by Crippen LogP contribution is 2.18. The molecule has 0 saturated heterocycles. The number of carbonyl (C=O) groups excluding carboxylic acids is 2. The minimum absolute atomic E-state index is 0.154. The summed E-state index contributed by atoms with van der Waals surface area (Å²) in [5, 5.41) is 3.50. The zero-order valence-corrected chi connectivity index (χ0v) is 13.3. The number of alkyl halides is 1. The molecule has 1 unspecified atom stereocenters. The van der Waals surface area contributed by atoms with Gasteiger partial charge in [-0.25, -0.2) is 0 Å². The van der Waals surface area contributed by atoms with Gasteiger partial charge in [0, 0.05) is 17.6 Å². The summed E-state index contributed by atoms with van der Waals surface area (Å²) in [4.78, 5) is 27.4. The predicted octanol–water partition coefficient (Wildman–Crippen LogP) is 2.21. The normalized spacial score (nSPS) is 12.0. The van der Waals surface area contributed by atoms with Crippen molar-refractivity contribution in [2.24, 2.45) is 0 Å². The van der Waals surface area contributed by atoms with Crippen molar-refractivity contribution in [1.29, 1.82) is 0 Å². The highest BCUT2D eigenvalue weighted by Gasteiger charge is 2.18. The Morgan fingerprint density at radius 1 is 1.38 bits per heavy atom. The zero-order chi connectivity index (χ0) is 15.4. The number of pyridine rings is 1. The molecular weight excluding hydrogens is 336 g/mol. The van der Waals surface area contributed by atoms with Gasteiger partial charge in [-0.15, -0.1) is 0 Å². The smallest absolute Gasteiger partial charge is 0.321 e. The average Bonchev–Trinajstić information content (AvgIpc) is 2.50. The number of para-hydroxylation sites is 1. The number of hydrogen-bond donors (Lipinski definition) is 1. The Labute approximate surface area is 130 Å². The van der Waals surface area contributed by atoms with Gasteiger partial charge in [0.2, 0.25) is 0 Å². The van der Waals surface area contributed by atoms with Crippen molar-refractivity contribution in [2.75, 3.05) is 13.7 Å². The van der Waals surface area contributed by atoms with Crippen LogP contribution in [-0.4, -0.2) is 35.3 Å². The van der Waals surface area contributed by atoms with Gasteiger partial charge in [0.25, 0.3) is 5.91 Å². The molecule has 5 nitrogen and oxygen atoms in total. The standard InChI is InChI=1S/C15H15BrN2O3/c1-9-7-11(10-5-3-4-6-13(10)18-9)14(19)17-8-12(16)15(20)21-2/h3-7,12H,8H2,1-2H3,(H,17,19). The number of carbonyl (C=O) groups is 2. The van der Waals surface area contributed by atoms with Gasteiger partial charge in [0.05, 0.1) is 18.2 Å². The van der Waals surface area contributed by atoms with Gasteiger partial charge in [-0.1, -0.05) is 34.1 Å². The van der Waals surface area contributed by atoms with Gasteiger partial charge >= 0.3 is 5.97 Å². The molecule has 1 aromatic carbocycles. The van der Waals surface area contributed by atoms with Crippen molar-refractivity contribution in [3.05, 3.63) is 41.6 Å². The van der Waals surface area contributed by atoms with Crippen molar-refractivity contribution in [2.45, 2.75) is 11.8 Å². The number of methoxy groups -OCH3 is 1. The number of nitrogens with one attached hydrogen (secondary N) is 1. The van der Waals surface area contributed by atoms with Crippen molar-refractivity contribution < 1.29 is 14.3 Å². The Morgan fingerprint density at radius 3 is 2.81 bits per heavy atom. The Hall–Kier alpha value is -1.95. The average molecular weight is 351 g/mol. The topological polar surface area (TPSA) is 68.3 Å². The van der Waals surface area contributed by atoms with E-state index in [2.05, 4.69) is 31.0 Å². The Balaban J connectivity index is 2.22. The molecule has 0 aliphatic heterocycles. The summed E-state index contributed by atoms with van der Waals surface area (Å²) in [6, 6.07) is 9.18. The summed E-state index contributed by atoms with van der Waals surface area (Å²) in [6.45, 7) is 1.99. The quantitative estimate of drug-likeness (QED) is 0.678. The maximum Gasteiger partial charge on any atom is 0.321 e. The predicted molar refractivity (Wildman–Crippen MR) is 83.5 cm³/mol. The summed E-state index contributed by atoms with van der Waals surface area (Å²) in [5.41, 5.74) is 2.08. The number of halogens is 1. The van der Waals surface area contributed by atoms with E-state index in [0.29, 0.717) is 5.56 Å². The summed E-state index contributed by atoms with van der Waals surface area (Å²) < 4.78 is 4.59. The summed E-state index contributed by atoms with van der Waals surface area (Å²) >= 11 is 3.17. The molecule has 21 heavy (non-hydrogen) atoms. The Morgan fingerprint density at radius 2 is 2.10 bits per heavy atom. The molecule has 0 aliphatic rings. The molecular formula is C15H15BrN2O3. The van der Waals surface area contributed by atoms with Crippen LogP contribution in [0.2, 0.25) is 0 Å². The molecule has 1 amide bonds. The molecule has 2 rings (SSSR count). The lowest BCUT2D eigenvalue weighted by Crippen LogP contribution is -2.34. The lowest BCUT2D eigenvalue weighted by molar-refractivity contribution is -0.139. The number of amides is 1. The van der Waals surface area contributed by atoms with Crippen LogP contribution in [0.25, 0.3) is 10.9 Å². The van der Waals surface area contributed by atoms with Crippen LogP contribution in [0.1, 0.15) is 16.1 Å². The molecule has 1 heterocycles. The number of benzene rings is 1. The maximum atomic E-state index is 12.3. The van der Waals surface area contributed by atoms with E-state index in [9.17, 15) is 9.59 Å². The van der Waals surface area contributed by atoms with E-state index in [1.54, 1.807) is 6.07 Å². The van der Waals surface area contributed by atoms with E-state index >= 15 is 0 Å². The van der Waals surface area contributed by atoms with Crippen LogP contribution >= 0.6 is 15.9 Å². The first-order valence-electron chi connectivity index (χ1n) is 6.39. The second-order valence-electron chi connectivity index (χ2n) is 4.53. The third kappa shape index (κ3) is 3.58. The highest BCUT2D eigenvalue weighted by atomic mass is 79.9. The van der Waals surface area contributed by atoms with Crippen LogP contribution in [0.5, 0.6) is 0 Å². The first-order chi connectivity index (χ1) is 10.0. The third-order valence-electron chi connectivity index (χ3n) is 2.99. The Kier molecular flexibility index (Phi) is 4.90. The molecule has 0 saturated carbocycles. The van der Waals surface area contributed by atoms with Crippen LogP contribution in [0.3, 0.4) is 0 Å². The van der Waals surface area contributed by atoms with Crippen molar-refractivity contribution in [3.8, 4) is 0 Å². The monoisotopic (exact) mass is 350 g/mol. The third-order valence-corrected chi connectivity index (χ3v) is 3.69. The van der Waals surface area contributed by atoms with Gasteiger partial charge < -0.3 is 10.1 Å². The van der Waals surface area contributed by atoms with Crippen LogP contribution in [0.15, 0.2) is 30.3 Å². The fourth-order valence-electron chi connectivity index (χ4n) is 1.98. The number of rotatable bonds is 4. The lowest BCUT2D eigenvalue weighted by Gasteiger charge is -2.11. The van der Waals surface area contributed by atoms with E-state index in [1.807, 2.05) is 31.2 Å². The molecule has 1 atom stereocenters. The molecule has 0 spiro atoms. The van der Waals surface area contributed by atoms with Crippen molar-refractivity contribution in [1.82, 2.24) is 10.3 Å². The van der Waals surface area contributed by atoms with Gasteiger partial charge in [-0.3, -0.25) is 14.6 Å². The van der Waals surface area contributed by atoms with Gasteiger partial charge in [0.1, 0.15) is 4.83 Å². The molecule has 110 valence electrons. The fraction of sp³-hybridized carbons (Fsp3) is 0.267. The molecule has 1 aromatic heterocycles. The number of aryl methyl sites for hydroxylation is 1. The van der Waals surface area contributed by atoms with E-state index < -0.39 is 10.8 Å². The summed E-state index contributed by atoms with van der Waals surface area (Å²) in [5.74, 6) is -0.670. The van der Waals surface area contributed by atoms with Crippen LogP contribution in [0, 0.1) is 6.92 Å². The number of ether oxygens (including phenoxy) is 1. The van der Waals surface area contributed by atoms with E-state index in [1.165, 1.54) is 7.11 Å².